The molecule has 0 aliphatic carbocycles. The van der Waals surface area contributed by atoms with E-state index in [2.05, 4.69) is 63.9 Å². The van der Waals surface area contributed by atoms with E-state index in [1.807, 2.05) is 80.5 Å². The molecule has 0 fully saturated rings. The number of rotatable bonds is 5. The van der Waals surface area contributed by atoms with E-state index in [4.69, 9.17) is 14.8 Å². The van der Waals surface area contributed by atoms with Crippen molar-refractivity contribution in [3.8, 4) is 46.7 Å². The Kier molecular flexibility index (Phi) is 10.3. The largest absolute Gasteiger partial charge is 0.337 e. The van der Waals surface area contributed by atoms with Gasteiger partial charge in [0.05, 0.1) is 12.1 Å². The van der Waals surface area contributed by atoms with Crippen LogP contribution in [0.25, 0.3) is 23.0 Å². The minimum absolute atomic E-state index is 0.0507. The van der Waals surface area contributed by atoms with Crippen molar-refractivity contribution >= 4 is 0 Å². The highest BCUT2D eigenvalue weighted by Crippen LogP contribution is 2.19. The van der Waals surface area contributed by atoms with Crippen molar-refractivity contribution in [2.75, 3.05) is 14.1 Å². The summed E-state index contributed by atoms with van der Waals surface area (Å²) in [6.45, 7) is 3.78. The monoisotopic (exact) mass is 610 g/mol. The Morgan fingerprint density at radius 3 is 1.52 bits per heavy atom. The van der Waals surface area contributed by atoms with Gasteiger partial charge in [-0.15, -0.1) is 0 Å². The first kappa shape index (κ1) is 31.3. The Labute approximate surface area is 266 Å². The van der Waals surface area contributed by atoms with E-state index in [1.165, 1.54) is 0 Å². The predicted molar refractivity (Wildman–Crippen MR) is 170 cm³/mol. The third-order valence-electron chi connectivity index (χ3n) is 6.39. The maximum absolute atomic E-state index is 5.68. The average molecular weight is 611 g/mol. The van der Waals surface area contributed by atoms with Gasteiger partial charge in [0.25, 0.3) is 0 Å². The van der Waals surface area contributed by atoms with Crippen LogP contribution < -0.4 is 5.73 Å². The molecule has 0 radical (unpaired) electrons. The highest BCUT2D eigenvalue weighted by Gasteiger charge is 2.17. The highest BCUT2D eigenvalue weighted by atomic mass is 16.5. The lowest BCUT2D eigenvalue weighted by Gasteiger charge is -2.14. The van der Waals surface area contributed by atoms with E-state index in [9.17, 15) is 0 Å². The summed E-state index contributed by atoms with van der Waals surface area (Å²) in [5.41, 5.74) is 9.97. The van der Waals surface area contributed by atoms with E-state index in [1.54, 1.807) is 37.8 Å². The number of nitrogens with two attached hydrogens (primary N) is 1. The molecular weight excluding hydrogens is 580 g/mol. The van der Waals surface area contributed by atoms with Crippen LogP contribution in [0.5, 0.6) is 0 Å². The molecule has 0 saturated heterocycles. The molecule has 0 bridgehead atoms. The molecule has 6 rings (SSSR count). The second-order valence-corrected chi connectivity index (χ2v) is 10.1. The number of aromatic nitrogens is 8. The molecule has 46 heavy (non-hydrogen) atoms. The summed E-state index contributed by atoms with van der Waals surface area (Å²) in [7, 11) is 3.92. The van der Waals surface area contributed by atoms with Crippen LogP contribution >= 0.6 is 0 Å². The van der Waals surface area contributed by atoms with Crippen LogP contribution in [0.2, 0.25) is 0 Å². The summed E-state index contributed by atoms with van der Waals surface area (Å²) >= 11 is 0. The summed E-state index contributed by atoms with van der Waals surface area (Å²) < 4.78 is 10.4. The molecule has 228 valence electrons. The summed E-state index contributed by atoms with van der Waals surface area (Å²) in [5, 5.41) is 7.85. The summed E-state index contributed by atoms with van der Waals surface area (Å²) in [6.07, 6.45) is 6.77. The lowest BCUT2D eigenvalue weighted by molar-refractivity contribution is 0.245. The van der Waals surface area contributed by atoms with Crippen molar-refractivity contribution in [1.29, 1.82) is 0 Å². The summed E-state index contributed by atoms with van der Waals surface area (Å²) in [4.78, 5) is 27.5. The molecule has 2 atom stereocenters. The third-order valence-corrected chi connectivity index (χ3v) is 6.39. The number of hydrogen-bond acceptors (Lipinski definition) is 12. The summed E-state index contributed by atoms with van der Waals surface area (Å²) in [6, 6.07) is 18.3. The normalized spacial score (nSPS) is 11.7. The number of hydrogen-bond donors (Lipinski definition) is 1. The van der Waals surface area contributed by atoms with E-state index >= 15 is 0 Å². The van der Waals surface area contributed by atoms with E-state index in [0.29, 0.717) is 40.5 Å². The van der Waals surface area contributed by atoms with Gasteiger partial charge in [0.2, 0.25) is 23.4 Å². The van der Waals surface area contributed by atoms with Crippen LogP contribution in [0, 0.1) is 23.7 Å². The maximum atomic E-state index is 5.68. The average Bonchev–Trinajstić information content (AvgIpc) is 3.79. The molecule has 6 aromatic heterocycles. The molecule has 0 aliphatic rings. The van der Waals surface area contributed by atoms with Crippen molar-refractivity contribution < 1.29 is 9.05 Å². The third kappa shape index (κ3) is 8.51. The van der Waals surface area contributed by atoms with Gasteiger partial charge in [-0.1, -0.05) is 34.3 Å². The Bertz CT molecular complexity index is 1970. The fraction of sp³-hybridized carbons (Fsp3) is 0.176. The molecule has 2 N–H and O–H groups in total. The van der Waals surface area contributed by atoms with Crippen molar-refractivity contribution in [2.45, 2.75) is 25.9 Å². The van der Waals surface area contributed by atoms with Gasteiger partial charge < -0.3 is 14.8 Å². The summed E-state index contributed by atoms with van der Waals surface area (Å²) in [5.74, 6) is 13.8. The maximum Gasteiger partial charge on any atom is 0.244 e. The van der Waals surface area contributed by atoms with Gasteiger partial charge in [0.15, 0.2) is 0 Å². The van der Waals surface area contributed by atoms with Gasteiger partial charge >= 0.3 is 0 Å². The zero-order valence-electron chi connectivity index (χ0n) is 25.7. The minimum Gasteiger partial charge on any atom is -0.337 e. The molecule has 2 unspecified atom stereocenters. The van der Waals surface area contributed by atoms with Gasteiger partial charge in [-0.25, -0.2) is 9.97 Å². The molecule has 6 aromatic rings. The molecule has 12 heteroatoms. The first-order valence-corrected chi connectivity index (χ1v) is 14.2. The molecular formula is C34H30N10O2. The number of pyridine rings is 4. The Morgan fingerprint density at radius 2 is 1.13 bits per heavy atom. The van der Waals surface area contributed by atoms with Gasteiger partial charge in [-0.3, -0.25) is 14.9 Å². The fourth-order valence-electron chi connectivity index (χ4n) is 3.60. The van der Waals surface area contributed by atoms with Gasteiger partial charge in [-0.05, 0) is 88.3 Å². The number of nitrogens with zero attached hydrogens (tertiary/aromatic N) is 9. The van der Waals surface area contributed by atoms with Gasteiger partial charge in [0.1, 0.15) is 22.8 Å². The highest BCUT2D eigenvalue weighted by molar-refractivity contribution is 5.51. The van der Waals surface area contributed by atoms with Crippen molar-refractivity contribution in [3.63, 3.8) is 0 Å². The van der Waals surface area contributed by atoms with Crippen LogP contribution in [0.4, 0.5) is 0 Å². The fourth-order valence-corrected chi connectivity index (χ4v) is 3.60. The topological polar surface area (TPSA) is 159 Å². The molecule has 6 heterocycles. The van der Waals surface area contributed by atoms with Crippen LogP contribution in [-0.2, 0) is 0 Å². The van der Waals surface area contributed by atoms with Crippen molar-refractivity contribution in [1.82, 2.24) is 45.1 Å². The van der Waals surface area contributed by atoms with Crippen LogP contribution in [0.15, 0.2) is 94.5 Å². The quantitative estimate of drug-likeness (QED) is 0.273. The Balaban J connectivity index is 0.000000182. The van der Waals surface area contributed by atoms with Crippen LogP contribution in [0.3, 0.4) is 0 Å². The minimum atomic E-state index is -0.301. The Hall–Kier alpha value is -6.08. The Morgan fingerprint density at radius 1 is 0.630 bits per heavy atom. The van der Waals surface area contributed by atoms with Crippen molar-refractivity contribution in [3.05, 3.63) is 120 Å². The molecule has 0 aromatic carbocycles. The second-order valence-electron chi connectivity index (χ2n) is 10.1. The zero-order chi connectivity index (χ0) is 32.3. The molecule has 0 aliphatic heterocycles. The van der Waals surface area contributed by atoms with Crippen molar-refractivity contribution in [2.24, 2.45) is 5.73 Å². The second kappa shape index (κ2) is 15.1. The lowest BCUT2D eigenvalue weighted by atomic mass is 10.2. The van der Waals surface area contributed by atoms with Gasteiger partial charge in [-0.2, -0.15) is 9.97 Å². The lowest BCUT2D eigenvalue weighted by Crippen LogP contribution is -2.16. The molecule has 0 spiro atoms. The molecule has 0 saturated carbocycles. The van der Waals surface area contributed by atoms with Crippen LogP contribution in [-0.4, -0.2) is 59.2 Å². The predicted octanol–water partition coefficient (Wildman–Crippen LogP) is 4.50. The smallest absolute Gasteiger partial charge is 0.244 e. The zero-order valence-corrected chi connectivity index (χ0v) is 25.7. The standard InChI is InChI=1S/C18H17N5O.C16H13N5O/c1-13(23(2)3)18-21-17(22-24-18)16-10-8-14(12-20-16)7-9-15-6-4-5-11-19-15;1-11(17)16-20-15(21-22-16)14-8-6-12(10-19-14)5-7-13-4-2-3-9-18-13/h4-6,8,10-13H,1-3H3;2-4,6,8-11H,17H2,1H3. The van der Waals surface area contributed by atoms with E-state index in [0.717, 1.165) is 16.8 Å². The first-order chi connectivity index (χ1) is 22.4. The first-order valence-electron chi connectivity index (χ1n) is 14.2. The van der Waals surface area contributed by atoms with E-state index < -0.39 is 0 Å². The van der Waals surface area contributed by atoms with E-state index in [-0.39, 0.29) is 12.1 Å². The molecule has 12 nitrogen and oxygen atoms in total. The molecule has 0 amide bonds. The van der Waals surface area contributed by atoms with Gasteiger partial charge in [0, 0.05) is 35.9 Å². The SMILES string of the molecule is CC(N)c1nc(-c2ccc(C#Cc3ccccn3)cn2)no1.CC(c1nc(-c2ccc(C#Cc3ccccn3)cn2)no1)N(C)C. The van der Waals surface area contributed by atoms with Crippen LogP contribution in [0.1, 0.15) is 60.2 Å².